The normalized spacial score (nSPS) is 14.6. The van der Waals surface area contributed by atoms with Gasteiger partial charge in [0.05, 0.1) is 13.1 Å². The number of hydrogen-bond acceptors (Lipinski definition) is 4. The second-order valence-corrected chi connectivity index (χ2v) is 3.82. The maximum Gasteiger partial charge on any atom is 0.410 e. The number of cyclic esters (lactones) is 1. The molecule has 6 nitrogen and oxygen atoms in total. The number of carbonyl (C=O) groups excluding carboxylic acids is 2. The summed E-state index contributed by atoms with van der Waals surface area (Å²) in [7, 11) is 0. The number of amides is 2. The monoisotopic (exact) mass is 253 g/mol. The molecule has 96 valence electrons. The molecule has 1 aromatic rings. The predicted molar refractivity (Wildman–Crippen MR) is 59.8 cm³/mol. The largest absolute Gasteiger partial charge is 0.448 e. The molecule has 1 fully saturated rings. The van der Waals surface area contributed by atoms with E-state index in [1.807, 2.05) is 5.43 Å². The van der Waals surface area contributed by atoms with Gasteiger partial charge in [-0.1, -0.05) is 0 Å². The van der Waals surface area contributed by atoms with Crippen LogP contribution in [-0.2, 0) is 11.3 Å². The Kier molecular flexibility index (Phi) is 3.42. The zero-order valence-electron chi connectivity index (χ0n) is 9.48. The van der Waals surface area contributed by atoms with Crippen molar-refractivity contribution in [3.63, 3.8) is 0 Å². The zero-order chi connectivity index (χ0) is 13.1. The van der Waals surface area contributed by atoms with Gasteiger partial charge in [-0.25, -0.2) is 15.0 Å². The molecule has 3 N–H and O–H groups in total. The minimum absolute atomic E-state index is 0.0658. The highest BCUT2D eigenvalue weighted by Crippen LogP contribution is 2.15. The Bertz CT molecular complexity index is 492. The van der Waals surface area contributed by atoms with Crippen LogP contribution in [0.25, 0.3) is 0 Å². The van der Waals surface area contributed by atoms with Gasteiger partial charge in [0.1, 0.15) is 12.4 Å². The van der Waals surface area contributed by atoms with Gasteiger partial charge in [0.2, 0.25) is 0 Å². The average molecular weight is 253 g/mol. The van der Waals surface area contributed by atoms with Gasteiger partial charge in [-0.05, 0) is 18.2 Å². The lowest BCUT2D eigenvalue weighted by molar-refractivity contribution is 0.0953. The van der Waals surface area contributed by atoms with Crippen molar-refractivity contribution in [2.24, 2.45) is 5.84 Å². The van der Waals surface area contributed by atoms with Crippen molar-refractivity contribution in [3.8, 4) is 0 Å². The van der Waals surface area contributed by atoms with Crippen LogP contribution in [0.15, 0.2) is 18.2 Å². The Morgan fingerprint density at radius 3 is 2.94 bits per heavy atom. The lowest BCUT2D eigenvalue weighted by Crippen LogP contribution is -2.30. The Hall–Kier alpha value is -2.15. The van der Waals surface area contributed by atoms with Crippen molar-refractivity contribution < 1.29 is 18.7 Å². The smallest absolute Gasteiger partial charge is 0.410 e. The first-order valence-corrected chi connectivity index (χ1v) is 5.33. The van der Waals surface area contributed by atoms with Crippen LogP contribution in [0.4, 0.5) is 9.18 Å². The molecule has 0 unspecified atom stereocenters. The first kappa shape index (κ1) is 12.3. The van der Waals surface area contributed by atoms with E-state index >= 15 is 0 Å². The molecule has 0 radical (unpaired) electrons. The van der Waals surface area contributed by atoms with Crippen LogP contribution in [0, 0.1) is 5.82 Å². The minimum atomic E-state index is -0.514. The highest BCUT2D eigenvalue weighted by molar-refractivity contribution is 5.93. The predicted octanol–water partition coefficient (Wildman–Crippen LogP) is 0.381. The molecule has 1 saturated heterocycles. The van der Waals surface area contributed by atoms with Crippen molar-refractivity contribution in [1.29, 1.82) is 0 Å². The van der Waals surface area contributed by atoms with Gasteiger partial charge in [0, 0.05) is 11.1 Å². The molecule has 0 spiro atoms. The number of ether oxygens (including phenoxy) is 1. The van der Waals surface area contributed by atoms with Crippen LogP contribution in [0.1, 0.15) is 15.9 Å². The van der Waals surface area contributed by atoms with Crippen molar-refractivity contribution >= 4 is 12.0 Å². The van der Waals surface area contributed by atoms with Gasteiger partial charge in [0.25, 0.3) is 5.91 Å². The maximum atomic E-state index is 13.6. The lowest BCUT2D eigenvalue weighted by Gasteiger charge is -2.13. The molecule has 2 rings (SSSR count). The second kappa shape index (κ2) is 5.01. The van der Waals surface area contributed by atoms with Crippen LogP contribution in [0.5, 0.6) is 0 Å². The van der Waals surface area contributed by atoms with Crippen LogP contribution in [0.3, 0.4) is 0 Å². The molecule has 1 heterocycles. The summed E-state index contributed by atoms with van der Waals surface area (Å²) < 4.78 is 18.3. The molecule has 2 amide bonds. The highest BCUT2D eigenvalue weighted by Gasteiger charge is 2.23. The lowest BCUT2D eigenvalue weighted by atomic mass is 10.1. The summed E-state index contributed by atoms with van der Waals surface area (Å²) in [6.45, 7) is 0.769. The summed E-state index contributed by atoms with van der Waals surface area (Å²) in [5, 5.41) is 0. The number of hydrogen-bond donors (Lipinski definition) is 2. The molecule has 0 aliphatic carbocycles. The number of carbonyl (C=O) groups is 2. The van der Waals surface area contributed by atoms with Crippen molar-refractivity contribution in [2.45, 2.75) is 6.54 Å². The molecule has 1 aliphatic rings. The summed E-state index contributed by atoms with van der Waals surface area (Å²) in [6, 6.07) is 3.85. The fourth-order valence-corrected chi connectivity index (χ4v) is 1.70. The van der Waals surface area contributed by atoms with Crippen LogP contribution in [0.2, 0.25) is 0 Å². The summed E-state index contributed by atoms with van der Waals surface area (Å²) in [4.78, 5) is 23.9. The number of halogens is 1. The van der Waals surface area contributed by atoms with Crippen molar-refractivity contribution in [1.82, 2.24) is 10.3 Å². The van der Waals surface area contributed by atoms with E-state index in [9.17, 15) is 14.0 Å². The van der Waals surface area contributed by atoms with E-state index in [0.29, 0.717) is 13.2 Å². The van der Waals surface area contributed by atoms with E-state index in [1.165, 1.54) is 23.1 Å². The summed E-state index contributed by atoms with van der Waals surface area (Å²) in [6.07, 6.45) is -0.483. The van der Waals surface area contributed by atoms with E-state index in [0.717, 1.165) is 0 Å². The quantitative estimate of drug-likeness (QED) is 0.463. The molecule has 18 heavy (non-hydrogen) atoms. The fraction of sp³-hybridized carbons (Fsp3) is 0.273. The molecular weight excluding hydrogens is 241 g/mol. The topological polar surface area (TPSA) is 84.7 Å². The summed E-state index contributed by atoms with van der Waals surface area (Å²) in [5.41, 5.74) is 2.45. The molecule has 0 bridgehead atoms. The SMILES string of the molecule is NNC(=O)c1ccc(F)c(CN2CCOC2=O)c1. The Morgan fingerprint density at radius 1 is 1.56 bits per heavy atom. The number of hydrazine groups is 1. The Morgan fingerprint density at radius 2 is 2.33 bits per heavy atom. The third kappa shape index (κ3) is 2.40. The van der Waals surface area contributed by atoms with Gasteiger partial charge < -0.3 is 9.64 Å². The van der Waals surface area contributed by atoms with Gasteiger partial charge in [-0.2, -0.15) is 0 Å². The minimum Gasteiger partial charge on any atom is -0.448 e. The summed E-state index contributed by atoms with van der Waals surface area (Å²) >= 11 is 0. The van der Waals surface area contributed by atoms with E-state index in [-0.39, 0.29) is 17.7 Å². The number of nitrogens with two attached hydrogens (primary N) is 1. The summed E-state index contributed by atoms with van der Waals surface area (Å²) in [5.74, 6) is 4.00. The van der Waals surface area contributed by atoms with Gasteiger partial charge >= 0.3 is 6.09 Å². The number of nitrogens with one attached hydrogen (secondary N) is 1. The standard InChI is InChI=1S/C11H12FN3O3/c12-9-2-1-7(10(16)14-13)5-8(9)6-15-3-4-18-11(15)17/h1-2,5H,3-4,6,13H2,(H,14,16). The second-order valence-electron chi connectivity index (χ2n) is 3.82. The van der Waals surface area contributed by atoms with Gasteiger partial charge in [0.15, 0.2) is 0 Å². The highest BCUT2D eigenvalue weighted by atomic mass is 19.1. The molecule has 7 heteroatoms. The Labute approximate surface area is 102 Å². The maximum absolute atomic E-state index is 13.6. The van der Waals surface area contributed by atoms with Crippen LogP contribution >= 0.6 is 0 Å². The van der Waals surface area contributed by atoms with E-state index < -0.39 is 17.8 Å². The van der Waals surface area contributed by atoms with E-state index in [2.05, 4.69) is 0 Å². The van der Waals surface area contributed by atoms with Gasteiger partial charge in [-0.3, -0.25) is 10.2 Å². The van der Waals surface area contributed by atoms with Crippen molar-refractivity contribution in [2.75, 3.05) is 13.2 Å². The molecule has 1 aliphatic heterocycles. The fourth-order valence-electron chi connectivity index (χ4n) is 1.70. The number of nitrogens with zero attached hydrogens (tertiary/aromatic N) is 1. The van der Waals surface area contributed by atoms with E-state index in [4.69, 9.17) is 10.6 Å². The molecular formula is C11H12FN3O3. The average Bonchev–Trinajstić information content (AvgIpc) is 2.77. The molecule has 0 saturated carbocycles. The number of nitrogen functional groups attached to an aromatic ring is 1. The van der Waals surface area contributed by atoms with Crippen LogP contribution < -0.4 is 11.3 Å². The third-order valence-electron chi connectivity index (χ3n) is 2.65. The van der Waals surface area contributed by atoms with Gasteiger partial charge in [-0.15, -0.1) is 0 Å². The van der Waals surface area contributed by atoms with E-state index in [1.54, 1.807) is 0 Å². The molecule has 0 aromatic heterocycles. The number of rotatable bonds is 3. The Balaban J connectivity index is 2.21. The molecule has 1 aromatic carbocycles. The van der Waals surface area contributed by atoms with Crippen LogP contribution in [-0.4, -0.2) is 30.1 Å². The third-order valence-corrected chi connectivity index (χ3v) is 2.65. The zero-order valence-corrected chi connectivity index (χ0v) is 9.48. The first-order chi connectivity index (χ1) is 8.61. The number of benzene rings is 1. The van der Waals surface area contributed by atoms with Crippen molar-refractivity contribution in [3.05, 3.63) is 35.1 Å². The molecule has 0 atom stereocenters. The first-order valence-electron chi connectivity index (χ1n) is 5.33.